The van der Waals surface area contributed by atoms with Gasteiger partial charge in [0.1, 0.15) is 5.75 Å². The van der Waals surface area contributed by atoms with Crippen molar-refractivity contribution >= 4 is 23.4 Å². The van der Waals surface area contributed by atoms with Gasteiger partial charge in [-0.1, -0.05) is 12.1 Å². The maximum Gasteiger partial charge on any atom is 0.258 e. The SMILES string of the molecule is CSCc1ccc(C(=O)N(C)c2ccc(O)cc2)cc1. The number of nitrogens with zero attached hydrogens (tertiary/aromatic N) is 1. The lowest BCUT2D eigenvalue weighted by atomic mass is 10.1. The Balaban J connectivity index is 2.15. The number of phenols is 1. The van der Waals surface area contributed by atoms with Gasteiger partial charge in [0, 0.05) is 24.1 Å². The molecule has 0 saturated heterocycles. The van der Waals surface area contributed by atoms with Gasteiger partial charge in [0.25, 0.3) is 5.91 Å². The minimum atomic E-state index is -0.0635. The van der Waals surface area contributed by atoms with E-state index in [1.165, 1.54) is 5.56 Å². The Bertz CT molecular complexity index is 578. The van der Waals surface area contributed by atoms with Gasteiger partial charge in [0.2, 0.25) is 0 Å². The van der Waals surface area contributed by atoms with E-state index in [1.54, 1.807) is 48.0 Å². The fraction of sp³-hybridized carbons (Fsp3) is 0.188. The highest BCUT2D eigenvalue weighted by atomic mass is 32.2. The maximum atomic E-state index is 12.4. The molecule has 4 heteroatoms. The Morgan fingerprint density at radius 2 is 1.70 bits per heavy atom. The van der Waals surface area contributed by atoms with Crippen molar-refractivity contribution in [3.8, 4) is 5.75 Å². The number of carbonyl (C=O) groups excluding carboxylic acids is 1. The van der Waals surface area contributed by atoms with Gasteiger partial charge in [-0.2, -0.15) is 11.8 Å². The van der Waals surface area contributed by atoms with Crippen LogP contribution in [0.4, 0.5) is 5.69 Å². The molecule has 0 aliphatic carbocycles. The molecule has 2 rings (SSSR count). The predicted octanol–water partition coefficient (Wildman–Crippen LogP) is 3.53. The van der Waals surface area contributed by atoms with Gasteiger partial charge in [-0.3, -0.25) is 4.79 Å². The Morgan fingerprint density at radius 1 is 1.10 bits per heavy atom. The van der Waals surface area contributed by atoms with Crippen LogP contribution in [-0.4, -0.2) is 24.3 Å². The van der Waals surface area contributed by atoms with Gasteiger partial charge in [-0.15, -0.1) is 0 Å². The third-order valence-corrected chi connectivity index (χ3v) is 3.68. The normalized spacial score (nSPS) is 10.3. The molecule has 20 heavy (non-hydrogen) atoms. The first kappa shape index (κ1) is 14.5. The van der Waals surface area contributed by atoms with Crippen molar-refractivity contribution in [3.63, 3.8) is 0 Å². The lowest BCUT2D eigenvalue weighted by molar-refractivity contribution is 0.0993. The predicted molar refractivity (Wildman–Crippen MR) is 84.5 cm³/mol. The van der Waals surface area contributed by atoms with Crippen LogP contribution in [0.25, 0.3) is 0 Å². The van der Waals surface area contributed by atoms with Crippen molar-refractivity contribution in [1.82, 2.24) is 0 Å². The standard InChI is InChI=1S/C16H17NO2S/c1-17(14-7-9-15(18)10-8-14)16(19)13-5-3-12(4-6-13)11-20-2/h3-10,18H,11H2,1-2H3. The minimum absolute atomic E-state index is 0.0635. The molecule has 0 saturated carbocycles. The number of anilines is 1. The number of hydrogen-bond donors (Lipinski definition) is 1. The molecular formula is C16H17NO2S. The first-order valence-electron chi connectivity index (χ1n) is 6.27. The van der Waals surface area contributed by atoms with E-state index in [0.717, 1.165) is 11.4 Å². The number of aromatic hydroxyl groups is 1. The summed E-state index contributed by atoms with van der Waals surface area (Å²) in [6.07, 6.45) is 2.05. The first-order chi connectivity index (χ1) is 9.61. The molecule has 2 aromatic carbocycles. The third kappa shape index (κ3) is 3.33. The Morgan fingerprint density at radius 3 is 2.25 bits per heavy atom. The molecule has 3 nitrogen and oxygen atoms in total. The molecule has 1 amide bonds. The zero-order valence-corrected chi connectivity index (χ0v) is 12.4. The molecule has 0 aliphatic rings. The molecule has 0 spiro atoms. The molecule has 2 aromatic rings. The molecule has 0 fully saturated rings. The van der Waals surface area contributed by atoms with E-state index in [-0.39, 0.29) is 11.7 Å². The van der Waals surface area contributed by atoms with Gasteiger partial charge in [-0.25, -0.2) is 0 Å². The summed E-state index contributed by atoms with van der Waals surface area (Å²) in [7, 11) is 1.73. The van der Waals surface area contributed by atoms with Crippen LogP contribution in [0, 0.1) is 0 Å². The number of carbonyl (C=O) groups is 1. The fourth-order valence-corrected chi connectivity index (χ4v) is 2.42. The zero-order chi connectivity index (χ0) is 14.5. The number of rotatable bonds is 4. The average Bonchev–Trinajstić information content (AvgIpc) is 2.48. The topological polar surface area (TPSA) is 40.5 Å². The van der Waals surface area contributed by atoms with E-state index in [1.807, 2.05) is 24.3 Å². The van der Waals surface area contributed by atoms with E-state index in [4.69, 9.17) is 0 Å². The molecule has 0 radical (unpaired) electrons. The number of phenolic OH excluding ortho intramolecular Hbond substituents is 1. The highest BCUT2D eigenvalue weighted by Gasteiger charge is 2.13. The van der Waals surface area contributed by atoms with Gasteiger partial charge in [0.05, 0.1) is 0 Å². The van der Waals surface area contributed by atoms with Crippen molar-refractivity contribution < 1.29 is 9.90 Å². The highest BCUT2D eigenvalue weighted by molar-refractivity contribution is 7.97. The van der Waals surface area contributed by atoms with Crippen LogP contribution in [0.1, 0.15) is 15.9 Å². The third-order valence-electron chi connectivity index (χ3n) is 3.05. The molecule has 1 N–H and O–H groups in total. The van der Waals surface area contributed by atoms with Gasteiger partial charge in [-0.05, 0) is 48.2 Å². The van der Waals surface area contributed by atoms with E-state index in [0.29, 0.717) is 5.56 Å². The smallest absolute Gasteiger partial charge is 0.258 e. The number of benzene rings is 2. The summed E-state index contributed by atoms with van der Waals surface area (Å²) < 4.78 is 0. The van der Waals surface area contributed by atoms with E-state index in [9.17, 15) is 9.90 Å². The quantitative estimate of drug-likeness (QED) is 0.935. The summed E-state index contributed by atoms with van der Waals surface area (Å²) in [6.45, 7) is 0. The van der Waals surface area contributed by atoms with E-state index >= 15 is 0 Å². The van der Waals surface area contributed by atoms with Crippen molar-refractivity contribution in [2.45, 2.75) is 5.75 Å². The summed E-state index contributed by atoms with van der Waals surface area (Å²) in [6, 6.07) is 14.2. The lowest BCUT2D eigenvalue weighted by Crippen LogP contribution is -2.26. The van der Waals surface area contributed by atoms with Gasteiger partial charge in [0.15, 0.2) is 0 Å². The highest BCUT2D eigenvalue weighted by Crippen LogP contribution is 2.19. The second-order valence-corrected chi connectivity index (χ2v) is 5.38. The second-order valence-electron chi connectivity index (χ2n) is 4.51. The molecular weight excluding hydrogens is 270 g/mol. The molecule has 0 unspecified atom stereocenters. The molecule has 0 heterocycles. The van der Waals surface area contributed by atoms with Crippen LogP contribution < -0.4 is 4.90 Å². The van der Waals surface area contributed by atoms with E-state index in [2.05, 4.69) is 6.26 Å². The van der Waals surface area contributed by atoms with Gasteiger partial charge >= 0.3 is 0 Å². The summed E-state index contributed by atoms with van der Waals surface area (Å²) in [5, 5.41) is 9.27. The van der Waals surface area contributed by atoms with Crippen molar-refractivity contribution in [2.24, 2.45) is 0 Å². The molecule has 0 atom stereocenters. The van der Waals surface area contributed by atoms with Crippen molar-refractivity contribution in [1.29, 1.82) is 0 Å². The molecule has 104 valence electrons. The van der Waals surface area contributed by atoms with Crippen LogP contribution in [0.15, 0.2) is 48.5 Å². The molecule has 0 aromatic heterocycles. The van der Waals surface area contributed by atoms with Crippen LogP contribution in [0.3, 0.4) is 0 Å². The molecule has 0 aliphatic heterocycles. The van der Waals surface area contributed by atoms with Crippen molar-refractivity contribution in [2.75, 3.05) is 18.2 Å². The zero-order valence-electron chi connectivity index (χ0n) is 11.5. The number of thioether (sulfide) groups is 1. The average molecular weight is 287 g/mol. The largest absolute Gasteiger partial charge is 0.508 e. The van der Waals surface area contributed by atoms with Crippen LogP contribution in [0.2, 0.25) is 0 Å². The number of hydrogen-bond acceptors (Lipinski definition) is 3. The van der Waals surface area contributed by atoms with Gasteiger partial charge < -0.3 is 10.0 Å². The fourth-order valence-electron chi connectivity index (χ4n) is 1.90. The van der Waals surface area contributed by atoms with Crippen LogP contribution in [0.5, 0.6) is 5.75 Å². The first-order valence-corrected chi connectivity index (χ1v) is 7.66. The summed E-state index contributed by atoms with van der Waals surface area (Å²) in [4.78, 5) is 13.9. The minimum Gasteiger partial charge on any atom is -0.508 e. The Hall–Kier alpha value is -1.94. The monoisotopic (exact) mass is 287 g/mol. The maximum absolute atomic E-state index is 12.4. The lowest BCUT2D eigenvalue weighted by Gasteiger charge is -2.17. The second kappa shape index (κ2) is 6.48. The van der Waals surface area contributed by atoms with Crippen molar-refractivity contribution in [3.05, 3.63) is 59.7 Å². The summed E-state index contributed by atoms with van der Waals surface area (Å²) in [5.74, 6) is 1.07. The Kier molecular flexibility index (Phi) is 4.69. The molecule has 0 bridgehead atoms. The van der Waals surface area contributed by atoms with Crippen LogP contribution in [-0.2, 0) is 5.75 Å². The Labute approximate surface area is 123 Å². The van der Waals surface area contributed by atoms with E-state index < -0.39 is 0 Å². The number of amides is 1. The van der Waals surface area contributed by atoms with Crippen LogP contribution >= 0.6 is 11.8 Å². The summed E-state index contributed by atoms with van der Waals surface area (Å²) in [5.41, 5.74) is 2.62. The summed E-state index contributed by atoms with van der Waals surface area (Å²) >= 11 is 1.75.